The van der Waals surface area contributed by atoms with Crippen molar-refractivity contribution in [2.45, 2.75) is 35.3 Å². The highest BCUT2D eigenvalue weighted by molar-refractivity contribution is 9.10. The molecule has 0 saturated heterocycles. The molecule has 28 heavy (non-hydrogen) atoms. The van der Waals surface area contributed by atoms with E-state index >= 15 is 0 Å². The number of nitrogens with one attached hydrogen (secondary N) is 2. The molecule has 148 valence electrons. The number of fused-ring (bicyclic) bond motifs is 1. The maximum Gasteiger partial charge on any atom is 0.234 e. The summed E-state index contributed by atoms with van der Waals surface area (Å²) in [5, 5.41) is 4.51. The van der Waals surface area contributed by atoms with Crippen molar-refractivity contribution in [1.82, 2.24) is 0 Å². The zero-order valence-electron chi connectivity index (χ0n) is 15.3. The van der Waals surface area contributed by atoms with Crippen molar-refractivity contribution in [2.24, 2.45) is 0 Å². The number of hydrogen-bond donors (Lipinski definition) is 2. The lowest BCUT2D eigenvalue weighted by molar-refractivity contribution is -0.116. The van der Waals surface area contributed by atoms with Gasteiger partial charge in [0.2, 0.25) is 11.8 Å². The van der Waals surface area contributed by atoms with Gasteiger partial charge in [-0.15, -0.1) is 11.8 Å². The molecular weight excluding hydrogens is 464 g/mol. The number of halogens is 1. The number of rotatable bonds is 5. The largest absolute Gasteiger partial charge is 0.326 e. The third-order valence-corrected chi connectivity index (χ3v) is 8.46. The molecule has 0 spiro atoms. The highest BCUT2D eigenvalue weighted by Crippen LogP contribution is 2.34. The minimum atomic E-state index is -3.72. The van der Waals surface area contributed by atoms with Crippen LogP contribution >= 0.6 is 27.7 Å². The third kappa shape index (κ3) is 4.59. The highest BCUT2D eigenvalue weighted by Gasteiger charge is 2.27. The van der Waals surface area contributed by atoms with Crippen LogP contribution in [0.5, 0.6) is 0 Å². The van der Waals surface area contributed by atoms with Crippen molar-refractivity contribution in [2.75, 3.05) is 16.4 Å². The second-order valence-electron chi connectivity index (χ2n) is 6.57. The molecule has 1 aliphatic heterocycles. The average Bonchev–Trinajstić information content (AvgIpc) is 2.64. The molecule has 0 fully saturated rings. The Morgan fingerprint density at radius 2 is 2.04 bits per heavy atom. The monoisotopic (exact) mass is 482 g/mol. The molecule has 2 amide bonds. The normalized spacial score (nSPS) is 14.8. The number of aryl methyl sites for hydroxylation is 1. The Balaban J connectivity index is 1.73. The van der Waals surface area contributed by atoms with Crippen LogP contribution in [0, 0.1) is 6.92 Å². The Hall–Kier alpha value is -1.84. The predicted octanol–water partition coefficient (Wildman–Crippen LogP) is 3.99. The van der Waals surface area contributed by atoms with Gasteiger partial charge in [-0.25, -0.2) is 8.42 Å². The number of sulfone groups is 1. The molecule has 0 saturated carbocycles. The molecule has 6 nitrogen and oxygen atoms in total. The summed E-state index contributed by atoms with van der Waals surface area (Å²) in [7, 11) is -3.72. The van der Waals surface area contributed by atoms with Gasteiger partial charge in [-0.2, -0.15) is 0 Å². The molecule has 2 aromatic carbocycles. The van der Waals surface area contributed by atoms with Gasteiger partial charge < -0.3 is 10.6 Å². The fourth-order valence-corrected chi connectivity index (χ4v) is 5.19. The molecule has 0 aromatic heterocycles. The third-order valence-electron chi connectivity index (χ3n) is 4.36. The lowest BCUT2D eigenvalue weighted by Crippen LogP contribution is -2.25. The average molecular weight is 483 g/mol. The Bertz CT molecular complexity index is 1050. The minimum absolute atomic E-state index is 0.0915. The number of carbonyl (C=O) groups is 2. The summed E-state index contributed by atoms with van der Waals surface area (Å²) in [5.41, 5.74) is 2.07. The van der Waals surface area contributed by atoms with Crippen LogP contribution in [0.2, 0.25) is 0 Å². The van der Waals surface area contributed by atoms with Crippen molar-refractivity contribution in [3.8, 4) is 0 Å². The number of anilines is 2. The molecule has 3 rings (SSSR count). The van der Waals surface area contributed by atoms with E-state index in [0.29, 0.717) is 17.1 Å². The maximum absolute atomic E-state index is 12.9. The van der Waals surface area contributed by atoms with Gasteiger partial charge in [0, 0.05) is 21.5 Å². The minimum Gasteiger partial charge on any atom is -0.326 e. The van der Waals surface area contributed by atoms with Gasteiger partial charge in [-0.3, -0.25) is 9.59 Å². The van der Waals surface area contributed by atoms with E-state index in [4.69, 9.17) is 0 Å². The van der Waals surface area contributed by atoms with Gasteiger partial charge in [-0.1, -0.05) is 15.9 Å². The van der Waals surface area contributed by atoms with E-state index in [1.807, 2.05) is 19.1 Å². The Morgan fingerprint density at radius 1 is 1.29 bits per heavy atom. The van der Waals surface area contributed by atoms with E-state index in [1.54, 1.807) is 12.1 Å². The quantitative estimate of drug-likeness (QED) is 0.671. The van der Waals surface area contributed by atoms with Crippen LogP contribution in [-0.4, -0.2) is 31.2 Å². The highest BCUT2D eigenvalue weighted by atomic mass is 79.9. The van der Waals surface area contributed by atoms with Crippen molar-refractivity contribution in [3.63, 3.8) is 0 Å². The second-order valence-corrected chi connectivity index (χ2v) is 10.8. The van der Waals surface area contributed by atoms with Crippen LogP contribution in [0.15, 0.2) is 50.7 Å². The molecule has 0 unspecified atom stereocenters. The first-order valence-corrected chi connectivity index (χ1v) is 11.9. The van der Waals surface area contributed by atoms with E-state index < -0.39 is 15.1 Å². The van der Waals surface area contributed by atoms with Crippen LogP contribution in [-0.2, 0) is 19.4 Å². The second kappa shape index (κ2) is 8.26. The standard InChI is InChI=1S/C19H19BrN2O4S2/c1-11-7-13(3-5-15(11)20)21-18(23)8-12(2)28(25,26)14-4-6-17-16(9-14)22-19(24)10-27-17/h3-7,9,12H,8,10H2,1-2H3,(H,21,23)(H,22,24)/t12-/m1/s1. The zero-order valence-corrected chi connectivity index (χ0v) is 18.5. The summed E-state index contributed by atoms with van der Waals surface area (Å²) in [6, 6.07) is 10.0. The summed E-state index contributed by atoms with van der Waals surface area (Å²) >= 11 is 4.76. The van der Waals surface area contributed by atoms with Crippen LogP contribution in [0.1, 0.15) is 18.9 Å². The molecular formula is C19H19BrN2O4S2. The molecule has 0 aliphatic carbocycles. The molecule has 2 N–H and O–H groups in total. The lowest BCUT2D eigenvalue weighted by atomic mass is 10.2. The van der Waals surface area contributed by atoms with Gasteiger partial charge in [-0.05, 0) is 55.8 Å². The predicted molar refractivity (Wildman–Crippen MR) is 115 cm³/mol. The van der Waals surface area contributed by atoms with Crippen molar-refractivity contribution in [3.05, 3.63) is 46.4 Å². The van der Waals surface area contributed by atoms with E-state index in [1.165, 1.54) is 30.8 Å². The lowest BCUT2D eigenvalue weighted by Gasteiger charge is -2.18. The Morgan fingerprint density at radius 3 is 2.75 bits per heavy atom. The Labute approximate surface area is 176 Å². The fraction of sp³-hybridized carbons (Fsp3) is 0.263. The summed E-state index contributed by atoms with van der Waals surface area (Å²) in [6.07, 6.45) is -0.171. The zero-order chi connectivity index (χ0) is 20.5. The van der Waals surface area contributed by atoms with E-state index in [0.717, 1.165) is 14.9 Å². The van der Waals surface area contributed by atoms with Gasteiger partial charge in [0.15, 0.2) is 9.84 Å². The first kappa shape index (κ1) is 20.9. The van der Waals surface area contributed by atoms with Gasteiger partial charge in [0.05, 0.1) is 21.6 Å². The van der Waals surface area contributed by atoms with Crippen molar-refractivity contribution < 1.29 is 18.0 Å². The molecule has 2 aromatic rings. The number of hydrogen-bond acceptors (Lipinski definition) is 5. The molecule has 1 atom stereocenters. The summed E-state index contributed by atoms with van der Waals surface area (Å²) < 4.78 is 26.7. The molecule has 1 aliphatic rings. The number of thioether (sulfide) groups is 1. The summed E-state index contributed by atoms with van der Waals surface area (Å²) in [4.78, 5) is 24.8. The smallest absolute Gasteiger partial charge is 0.234 e. The fourth-order valence-electron chi connectivity index (χ4n) is 2.78. The SMILES string of the molecule is Cc1cc(NC(=O)C[C@@H](C)S(=O)(=O)c2ccc3c(c2)NC(=O)CS3)ccc1Br. The first-order valence-electron chi connectivity index (χ1n) is 8.53. The summed E-state index contributed by atoms with van der Waals surface area (Å²) in [5.74, 6) is -0.227. The Kier molecular flexibility index (Phi) is 6.16. The van der Waals surface area contributed by atoms with Crippen LogP contribution in [0.25, 0.3) is 0 Å². The van der Waals surface area contributed by atoms with E-state index in [9.17, 15) is 18.0 Å². The number of carbonyl (C=O) groups excluding carboxylic acids is 2. The van der Waals surface area contributed by atoms with Gasteiger partial charge in [0.25, 0.3) is 0 Å². The molecule has 0 radical (unpaired) electrons. The van der Waals surface area contributed by atoms with Gasteiger partial charge in [0.1, 0.15) is 0 Å². The van der Waals surface area contributed by atoms with E-state index in [2.05, 4.69) is 26.6 Å². The topological polar surface area (TPSA) is 92.3 Å². The van der Waals surface area contributed by atoms with Crippen molar-refractivity contribution in [1.29, 1.82) is 0 Å². The number of amides is 2. The molecule has 9 heteroatoms. The van der Waals surface area contributed by atoms with Crippen LogP contribution in [0.4, 0.5) is 11.4 Å². The van der Waals surface area contributed by atoms with Crippen molar-refractivity contribution >= 4 is 60.7 Å². The first-order chi connectivity index (χ1) is 13.2. The van der Waals surface area contributed by atoms with Crippen LogP contribution in [0.3, 0.4) is 0 Å². The molecule has 0 bridgehead atoms. The summed E-state index contributed by atoms with van der Waals surface area (Å²) in [6.45, 7) is 3.41. The van der Waals surface area contributed by atoms with Gasteiger partial charge >= 0.3 is 0 Å². The van der Waals surface area contributed by atoms with Crippen LogP contribution < -0.4 is 10.6 Å². The molecule has 1 heterocycles. The van der Waals surface area contributed by atoms with E-state index in [-0.39, 0.29) is 23.1 Å². The number of benzene rings is 2. The maximum atomic E-state index is 12.9.